The summed E-state index contributed by atoms with van der Waals surface area (Å²) in [5.74, 6) is 1.36. The lowest BCUT2D eigenvalue weighted by Crippen LogP contribution is -2.03. The molecule has 21 heavy (non-hydrogen) atoms. The third-order valence-corrected chi connectivity index (χ3v) is 4.94. The molecular formula is C14H18ClN5S. The predicted molar refractivity (Wildman–Crippen MR) is 82.8 cm³/mol. The fourth-order valence-electron chi connectivity index (χ4n) is 2.55. The van der Waals surface area contributed by atoms with Crippen LogP contribution in [0.25, 0.3) is 0 Å². The topological polar surface area (TPSA) is 56.5 Å². The SMILES string of the molecule is CC(C)c1c(Cl)ncnc1Sc1nnc2n1CCCCC2. The first-order chi connectivity index (χ1) is 10.2. The minimum Gasteiger partial charge on any atom is -0.306 e. The molecule has 3 rings (SSSR count). The molecule has 0 unspecified atom stereocenters. The number of aromatic nitrogens is 5. The van der Waals surface area contributed by atoms with Gasteiger partial charge in [0.05, 0.1) is 0 Å². The molecule has 0 aliphatic carbocycles. The third kappa shape index (κ3) is 3.06. The summed E-state index contributed by atoms with van der Waals surface area (Å²) in [7, 11) is 0. The lowest BCUT2D eigenvalue weighted by atomic mass is 10.1. The lowest BCUT2D eigenvalue weighted by molar-refractivity contribution is 0.590. The minimum absolute atomic E-state index is 0.271. The summed E-state index contributed by atoms with van der Waals surface area (Å²) >= 11 is 7.77. The molecule has 0 fully saturated rings. The fourth-order valence-corrected chi connectivity index (χ4v) is 4.06. The molecule has 2 aromatic rings. The number of fused-ring (bicyclic) bond motifs is 1. The van der Waals surface area contributed by atoms with Crippen LogP contribution in [0.4, 0.5) is 0 Å². The highest BCUT2D eigenvalue weighted by Crippen LogP contribution is 2.35. The number of hydrogen-bond donors (Lipinski definition) is 0. The van der Waals surface area contributed by atoms with Gasteiger partial charge in [0.1, 0.15) is 22.3 Å². The van der Waals surface area contributed by atoms with Crippen molar-refractivity contribution in [3.8, 4) is 0 Å². The first kappa shape index (κ1) is 14.8. The van der Waals surface area contributed by atoms with Gasteiger partial charge in [0.15, 0.2) is 5.16 Å². The van der Waals surface area contributed by atoms with E-state index in [0.717, 1.165) is 34.5 Å². The highest BCUT2D eigenvalue weighted by Gasteiger charge is 2.20. The van der Waals surface area contributed by atoms with E-state index in [9.17, 15) is 0 Å². The normalized spacial score (nSPS) is 15.0. The van der Waals surface area contributed by atoms with Crippen LogP contribution in [0.1, 0.15) is 50.4 Å². The summed E-state index contributed by atoms with van der Waals surface area (Å²) in [6, 6.07) is 0. The van der Waals surface area contributed by atoms with Gasteiger partial charge in [-0.05, 0) is 30.5 Å². The minimum atomic E-state index is 0.271. The van der Waals surface area contributed by atoms with E-state index in [1.807, 2.05) is 0 Å². The standard InChI is InChI=1S/C14H18ClN5S/c1-9(2)11-12(15)16-8-17-13(11)21-14-19-18-10-6-4-3-5-7-20(10)14/h8-9H,3-7H2,1-2H3. The molecule has 0 N–H and O–H groups in total. The Morgan fingerprint density at radius 1 is 1.19 bits per heavy atom. The van der Waals surface area contributed by atoms with E-state index in [-0.39, 0.29) is 5.92 Å². The summed E-state index contributed by atoms with van der Waals surface area (Å²) in [5, 5.41) is 11.0. The van der Waals surface area contributed by atoms with E-state index < -0.39 is 0 Å². The maximum atomic E-state index is 6.23. The predicted octanol–water partition coefficient (Wildman–Crippen LogP) is 3.72. The van der Waals surface area contributed by atoms with Crippen LogP contribution < -0.4 is 0 Å². The van der Waals surface area contributed by atoms with E-state index >= 15 is 0 Å². The summed E-state index contributed by atoms with van der Waals surface area (Å²) in [5.41, 5.74) is 0.982. The second kappa shape index (κ2) is 6.32. The van der Waals surface area contributed by atoms with E-state index in [4.69, 9.17) is 11.6 Å². The van der Waals surface area contributed by atoms with Gasteiger partial charge in [-0.15, -0.1) is 10.2 Å². The highest BCUT2D eigenvalue weighted by atomic mass is 35.5. The second-order valence-corrected chi connectivity index (χ2v) is 6.82. The Labute approximate surface area is 133 Å². The molecule has 1 aliphatic heterocycles. The second-order valence-electron chi connectivity index (χ2n) is 5.50. The van der Waals surface area contributed by atoms with E-state index in [2.05, 4.69) is 38.6 Å². The maximum Gasteiger partial charge on any atom is 0.197 e. The van der Waals surface area contributed by atoms with Crippen LogP contribution in [-0.4, -0.2) is 24.7 Å². The molecule has 3 heterocycles. The van der Waals surface area contributed by atoms with Crippen molar-refractivity contribution in [2.45, 2.75) is 62.2 Å². The summed E-state index contributed by atoms with van der Waals surface area (Å²) < 4.78 is 2.22. The van der Waals surface area contributed by atoms with Gasteiger partial charge < -0.3 is 4.57 Å². The van der Waals surface area contributed by atoms with Crippen molar-refractivity contribution in [1.29, 1.82) is 0 Å². The Kier molecular flexibility index (Phi) is 4.45. The molecule has 0 amide bonds. The van der Waals surface area contributed by atoms with Crippen LogP contribution in [0.5, 0.6) is 0 Å². The molecule has 0 radical (unpaired) electrons. The molecule has 1 aliphatic rings. The quantitative estimate of drug-likeness (QED) is 0.806. The maximum absolute atomic E-state index is 6.23. The fraction of sp³-hybridized carbons (Fsp3) is 0.571. The zero-order chi connectivity index (χ0) is 14.8. The molecule has 0 aromatic carbocycles. The van der Waals surface area contributed by atoms with Gasteiger partial charge in [0.25, 0.3) is 0 Å². The summed E-state index contributed by atoms with van der Waals surface area (Å²) in [6.07, 6.45) is 6.15. The molecule has 0 atom stereocenters. The Hall–Kier alpha value is -1.14. The Balaban J connectivity index is 1.95. The van der Waals surface area contributed by atoms with Crippen molar-refractivity contribution in [3.05, 3.63) is 22.9 Å². The molecular weight excluding hydrogens is 306 g/mol. The zero-order valence-electron chi connectivity index (χ0n) is 12.2. The molecule has 0 spiro atoms. The molecule has 0 saturated carbocycles. The Morgan fingerprint density at radius 3 is 2.86 bits per heavy atom. The molecule has 112 valence electrons. The number of rotatable bonds is 3. The van der Waals surface area contributed by atoms with Crippen molar-refractivity contribution in [2.24, 2.45) is 0 Å². The van der Waals surface area contributed by atoms with Crippen molar-refractivity contribution < 1.29 is 0 Å². The van der Waals surface area contributed by atoms with Crippen LogP contribution in [0.3, 0.4) is 0 Å². The molecule has 7 heteroatoms. The van der Waals surface area contributed by atoms with Crippen LogP contribution in [0.15, 0.2) is 16.5 Å². The number of nitrogens with zero attached hydrogens (tertiary/aromatic N) is 5. The van der Waals surface area contributed by atoms with E-state index in [1.54, 1.807) is 11.8 Å². The molecule has 0 bridgehead atoms. The highest BCUT2D eigenvalue weighted by molar-refractivity contribution is 7.99. The zero-order valence-corrected chi connectivity index (χ0v) is 13.8. The first-order valence-corrected chi connectivity index (χ1v) is 8.46. The summed E-state index contributed by atoms with van der Waals surface area (Å²) in [4.78, 5) is 8.49. The Morgan fingerprint density at radius 2 is 2.05 bits per heavy atom. The third-order valence-electron chi connectivity index (χ3n) is 3.64. The average Bonchev–Trinajstić information content (AvgIpc) is 2.68. The largest absolute Gasteiger partial charge is 0.306 e. The smallest absolute Gasteiger partial charge is 0.197 e. The van der Waals surface area contributed by atoms with Crippen LogP contribution in [0.2, 0.25) is 5.15 Å². The van der Waals surface area contributed by atoms with Gasteiger partial charge in [0, 0.05) is 18.5 Å². The van der Waals surface area contributed by atoms with Crippen LogP contribution >= 0.6 is 23.4 Å². The van der Waals surface area contributed by atoms with Gasteiger partial charge in [-0.1, -0.05) is 31.9 Å². The Bertz CT molecular complexity index is 640. The number of aryl methyl sites for hydroxylation is 1. The summed E-state index contributed by atoms with van der Waals surface area (Å²) in [6.45, 7) is 5.18. The van der Waals surface area contributed by atoms with E-state index in [0.29, 0.717) is 5.15 Å². The van der Waals surface area contributed by atoms with Gasteiger partial charge in [-0.25, -0.2) is 9.97 Å². The molecule has 2 aromatic heterocycles. The van der Waals surface area contributed by atoms with Crippen LogP contribution in [0, 0.1) is 0 Å². The first-order valence-electron chi connectivity index (χ1n) is 7.27. The van der Waals surface area contributed by atoms with Crippen molar-refractivity contribution in [1.82, 2.24) is 24.7 Å². The van der Waals surface area contributed by atoms with Gasteiger partial charge in [0.2, 0.25) is 0 Å². The average molecular weight is 324 g/mol. The van der Waals surface area contributed by atoms with Gasteiger partial charge in [-0.2, -0.15) is 0 Å². The van der Waals surface area contributed by atoms with Crippen molar-refractivity contribution in [3.63, 3.8) is 0 Å². The van der Waals surface area contributed by atoms with Gasteiger partial charge in [-0.3, -0.25) is 0 Å². The van der Waals surface area contributed by atoms with Gasteiger partial charge >= 0.3 is 0 Å². The lowest BCUT2D eigenvalue weighted by Gasteiger charge is -2.12. The number of hydrogen-bond acceptors (Lipinski definition) is 5. The van der Waals surface area contributed by atoms with Crippen LogP contribution in [-0.2, 0) is 13.0 Å². The van der Waals surface area contributed by atoms with E-state index in [1.165, 1.54) is 25.6 Å². The monoisotopic (exact) mass is 323 g/mol. The molecule has 5 nitrogen and oxygen atoms in total. The van der Waals surface area contributed by atoms with Crippen molar-refractivity contribution >= 4 is 23.4 Å². The number of halogens is 1. The molecule has 0 saturated heterocycles. The van der Waals surface area contributed by atoms with Crippen molar-refractivity contribution in [2.75, 3.05) is 0 Å².